The maximum Gasteiger partial charge on any atom is 0.529 e. The van der Waals surface area contributed by atoms with Gasteiger partial charge >= 0.3 is 8.80 Å². The number of carbonyl (C=O) groups is 1. The van der Waals surface area contributed by atoms with E-state index in [1.54, 1.807) is 5.70 Å². The van der Waals surface area contributed by atoms with Gasteiger partial charge in [0.1, 0.15) is 0 Å². The first-order valence-corrected chi connectivity index (χ1v) is 8.06. The van der Waals surface area contributed by atoms with Crippen LogP contribution in [0.25, 0.3) is 0 Å². The Morgan fingerprint density at radius 3 is 2.00 bits per heavy atom. The summed E-state index contributed by atoms with van der Waals surface area (Å²) in [6, 6.07) is 0. The third-order valence-electron chi connectivity index (χ3n) is 3.52. The van der Waals surface area contributed by atoms with E-state index in [1.165, 1.54) is 27.8 Å². The van der Waals surface area contributed by atoms with Gasteiger partial charge in [-0.15, -0.1) is 0 Å². The molecule has 0 radical (unpaired) electrons. The molecule has 1 fully saturated rings. The molecule has 1 saturated carbocycles. The molecule has 1 aliphatic rings. The highest BCUT2D eigenvalue weighted by Crippen LogP contribution is 2.30. The van der Waals surface area contributed by atoms with E-state index in [-0.39, 0.29) is 5.92 Å². The van der Waals surface area contributed by atoms with Crippen LogP contribution in [-0.2, 0) is 18.1 Å². The lowest BCUT2D eigenvalue weighted by molar-refractivity contribution is -0.115. The lowest BCUT2D eigenvalue weighted by Crippen LogP contribution is -2.43. The van der Waals surface area contributed by atoms with E-state index in [9.17, 15) is 4.79 Å². The Bertz CT molecular complexity index is 301. The van der Waals surface area contributed by atoms with Gasteiger partial charge in [-0.2, -0.15) is 0 Å². The molecule has 0 spiro atoms. The van der Waals surface area contributed by atoms with E-state index >= 15 is 0 Å². The molecule has 5 nitrogen and oxygen atoms in total. The van der Waals surface area contributed by atoms with Gasteiger partial charge in [0.05, 0.1) is 0 Å². The van der Waals surface area contributed by atoms with E-state index in [1.807, 2.05) is 0 Å². The zero-order chi connectivity index (χ0) is 13.6. The van der Waals surface area contributed by atoms with Crippen molar-refractivity contribution in [1.82, 2.24) is 0 Å². The van der Waals surface area contributed by atoms with Gasteiger partial charge in [-0.25, -0.2) is 0 Å². The van der Waals surface area contributed by atoms with Gasteiger partial charge in [-0.05, 0) is 24.5 Å². The molecule has 6 heteroatoms. The first kappa shape index (κ1) is 15.4. The number of amides is 1. The van der Waals surface area contributed by atoms with Crippen LogP contribution in [0.2, 0.25) is 0 Å². The topological polar surface area (TPSA) is 70.8 Å². The number of rotatable bonds is 6. The Kier molecular flexibility index (Phi) is 6.00. The minimum Gasteiger partial charge on any atom is -0.374 e. The molecule has 0 aromatic carbocycles. The highest BCUT2D eigenvalue weighted by molar-refractivity contribution is 6.66. The first-order valence-electron chi connectivity index (χ1n) is 6.26. The maximum absolute atomic E-state index is 11.6. The van der Waals surface area contributed by atoms with Gasteiger partial charge in [0.25, 0.3) is 0 Å². The molecule has 1 rings (SSSR count). The second-order valence-electron chi connectivity index (χ2n) is 4.51. The molecule has 0 aliphatic heterocycles. The van der Waals surface area contributed by atoms with Crippen molar-refractivity contribution >= 4 is 14.7 Å². The lowest BCUT2D eigenvalue weighted by atomic mass is 9.84. The molecule has 18 heavy (non-hydrogen) atoms. The zero-order valence-corrected chi connectivity index (χ0v) is 12.4. The maximum atomic E-state index is 11.6. The van der Waals surface area contributed by atoms with E-state index in [4.69, 9.17) is 19.0 Å². The van der Waals surface area contributed by atoms with Crippen molar-refractivity contribution < 1.29 is 18.1 Å². The minimum atomic E-state index is -2.89. The third kappa shape index (κ3) is 3.65. The predicted molar refractivity (Wildman–Crippen MR) is 70.6 cm³/mol. The number of primary amides is 1. The third-order valence-corrected chi connectivity index (χ3v) is 5.89. The highest BCUT2D eigenvalue weighted by Gasteiger charge is 2.38. The van der Waals surface area contributed by atoms with Gasteiger partial charge in [-0.1, -0.05) is 19.3 Å². The van der Waals surface area contributed by atoms with Gasteiger partial charge < -0.3 is 19.0 Å². The minimum absolute atomic E-state index is 0.212. The number of hydrogen-bond donors (Lipinski definition) is 1. The number of hydrogen-bond acceptors (Lipinski definition) is 4. The van der Waals surface area contributed by atoms with Crippen LogP contribution in [0.15, 0.2) is 11.3 Å². The van der Waals surface area contributed by atoms with Crippen LogP contribution in [0.4, 0.5) is 0 Å². The molecule has 2 N–H and O–H groups in total. The van der Waals surface area contributed by atoms with E-state index in [0.29, 0.717) is 5.57 Å². The second-order valence-corrected chi connectivity index (χ2v) is 7.24. The second kappa shape index (κ2) is 7.03. The molecule has 0 bridgehead atoms. The Labute approximate surface area is 110 Å². The summed E-state index contributed by atoms with van der Waals surface area (Å²) in [5, 5.41) is 0. The number of carbonyl (C=O) groups excluding carboxylic acids is 1. The van der Waals surface area contributed by atoms with Crippen LogP contribution >= 0.6 is 0 Å². The Hall–Kier alpha value is -0.693. The molecule has 0 aromatic heterocycles. The van der Waals surface area contributed by atoms with Crippen LogP contribution in [-0.4, -0.2) is 36.0 Å². The SMILES string of the molecule is CO[Si](C=C(C(N)=O)C1CCCCC1)(OC)OC. The van der Waals surface area contributed by atoms with E-state index < -0.39 is 14.7 Å². The Morgan fingerprint density at radius 2 is 1.61 bits per heavy atom. The largest absolute Gasteiger partial charge is 0.529 e. The normalized spacial score (nSPS) is 18.9. The molecule has 0 saturated heterocycles. The first-order chi connectivity index (χ1) is 8.58. The molecular weight excluding hydrogens is 250 g/mol. The van der Waals surface area contributed by atoms with Crippen molar-refractivity contribution in [3.8, 4) is 0 Å². The average Bonchev–Trinajstić information content (AvgIpc) is 2.42. The van der Waals surface area contributed by atoms with Crippen LogP contribution in [0.1, 0.15) is 32.1 Å². The standard InChI is InChI=1S/C12H23NO4Si/c1-15-18(16-2,17-3)9-11(12(13)14)10-7-5-4-6-8-10/h9-10H,4-8H2,1-3H3,(H2,13,14). The van der Waals surface area contributed by atoms with Crippen LogP contribution in [0.5, 0.6) is 0 Å². The quantitative estimate of drug-likeness (QED) is 0.586. The van der Waals surface area contributed by atoms with E-state index in [2.05, 4.69) is 0 Å². The van der Waals surface area contributed by atoms with Gasteiger partial charge in [0, 0.05) is 26.9 Å². The summed E-state index contributed by atoms with van der Waals surface area (Å²) >= 11 is 0. The fourth-order valence-corrected chi connectivity index (χ4v) is 4.03. The fraction of sp³-hybridized carbons (Fsp3) is 0.750. The van der Waals surface area contributed by atoms with Crippen molar-refractivity contribution in [3.63, 3.8) is 0 Å². The number of nitrogens with two attached hydrogens (primary N) is 1. The van der Waals surface area contributed by atoms with Crippen LogP contribution < -0.4 is 5.73 Å². The molecule has 1 aliphatic carbocycles. The Balaban J connectivity index is 2.98. The fourth-order valence-electron chi connectivity index (χ4n) is 2.42. The molecule has 0 heterocycles. The van der Waals surface area contributed by atoms with Crippen molar-refractivity contribution in [2.75, 3.05) is 21.3 Å². The van der Waals surface area contributed by atoms with Crippen molar-refractivity contribution in [2.24, 2.45) is 11.7 Å². The van der Waals surface area contributed by atoms with Crippen molar-refractivity contribution in [3.05, 3.63) is 11.3 Å². The highest BCUT2D eigenvalue weighted by atomic mass is 28.4. The summed E-state index contributed by atoms with van der Waals surface area (Å²) in [6.07, 6.45) is 5.49. The smallest absolute Gasteiger partial charge is 0.374 e. The predicted octanol–water partition coefficient (Wildman–Crippen LogP) is 1.40. The molecule has 0 aromatic rings. The summed E-state index contributed by atoms with van der Waals surface area (Å²) in [7, 11) is 1.68. The van der Waals surface area contributed by atoms with Gasteiger partial charge in [0.15, 0.2) is 0 Å². The summed E-state index contributed by atoms with van der Waals surface area (Å²) in [5.74, 6) is -0.187. The lowest BCUT2D eigenvalue weighted by Gasteiger charge is -2.26. The van der Waals surface area contributed by atoms with Crippen molar-refractivity contribution in [1.29, 1.82) is 0 Å². The molecule has 1 amide bonds. The molecular formula is C12H23NO4Si. The summed E-state index contributed by atoms with van der Waals surface area (Å²) in [6.45, 7) is 0. The zero-order valence-electron chi connectivity index (χ0n) is 11.4. The summed E-state index contributed by atoms with van der Waals surface area (Å²) in [5.41, 5.74) is 7.79. The van der Waals surface area contributed by atoms with E-state index in [0.717, 1.165) is 25.7 Å². The van der Waals surface area contributed by atoms with Crippen LogP contribution in [0.3, 0.4) is 0 Å². The summed E-state index contributed by atoms with van der Waals surface area (Å²) in [4.78, 5) is 11.6. The van der Waals surface area contributed by atoms with Crippen molar-refractivity contribution in [2.45, 2.75) is 32.1 Å². The molecule has 104 valence electrons. The van der Waals surface area contributed by atoms with Gasteiger partial charge in [0.2, 0.25) is 5.91 Å². The summed E-state index contributed by atoms with van der Waals surface area (Å²) < 4.78 is 16.0. The average molecular weight is 273 g/mol. The van der Waals surface area contributed by atoms with Crippen LogP contribution in [0, 0.1) is 5.92 Å². The van der Waals surface area contributed by atoms with Gasteiger partial charge in [-0.3, -0.25) is 4.79 Å². The molecule has 0 atom stereocenters. The Morgan fingerprint density at radius 1 is 1.11 bits per heavy atom. The monoisotopic (exact) mass is 273 g/mol. The molecule has 0 unspecified atom stereocenters.